The Bertz CT molecular complexity index is 1090. The maximum atomic E-state index is 10.7. The molecule has 3 rings (SSSR count). The van der Waals surface area contributed by atoms with Crippen molar-refractivity contribution in [1.82, 2.24) is 5.16 Å². The minimum atomic E-state index is -1.05. The van der Waals surface area contributed by atoms with E-state index in [1.54, 1.807) is 36.4 Å². The first-order valence-electron chi connectivity index (χ1n) is 9.04. The Hall–Kier alpha value is -2.47. The zero-order valence-corrected chi connectivity index (χ0v) is 18.4. The number of carbonyl (C=O) groups is 1. The van der Waals surface area contributed by atoms with Crippen molar-refractivity contribution in [3.8, 4) is 17.0 Å². The van der Waals surface area contributed by atoms with Gasteiger partial charge in [-0.05, 0) is 42.0 Å². The molecule has 0 spiro atoms. The van der Waals surface area contributed by atoms with Gasteiger partial charge in [-0.25, -0.2) is 4.79 Å². The van der Waals surface area contributed by atoms with Crippen LogP contribution >= 0.6 is 34.8 Å². The molecular formula is C22H18Cl3NO4. The van der Waals surface area contributed by atoms with Crippen molar-refractivity contribution in [2.75, 3.05) is 0 Å². The highest BCUT2D eigenvalue weighted by atomic mass is 35.5. The van der Waals surface area contributed by atoms with Crippen LogP contribution in [0.3, 0.4) is 0 Å². The van der Waals surface area contributed by atoms with Gasteiger partial charge >= 0.3 is 5.97 Å². The molecule has 0 radical (unpaired) electrons. The summed E-state index contributed by atoms with van der Waals surface area (Å²) in [7, 11) is 0. The van der Waals surface area contributed by atoms with Gasteiger partial charge in [-0.3, -0.25) is 0 Å². The van der Waals surface area contributed by atoms with E-state index in [1.165, 1.54) is 6.08 Å². The van der Waals surface area contributed by atoms with Gasteiger partial charge in [0.25, 0.3) is 0 Å². The lowest BCUT2D eigenvalue weighted by Gasteiger charge is -2.11. The van der Waals surface area contributed by atoms with Crippen LogP contribution in [0.4, 0.5) is 0 Å². The molecule has 1 heterocycles. The quantitative estimate of drug-likeness (QED) is 0.376. The first kappa shape index (κ1) is 22.2. The Balaban J connectivity index is 1.91. The maximum absolute atomic E-state index is 10.7. The van der Waals surface area contributed by atoms with E-state index in [2.05, 4.69) is 5.16 Å². The van der Waals surface area contributed by atoms with E-state index < -0.39 is 5.97 Å². The van der Waals surface area contributed by atoms with E-state index in [1.807, 2.05) is 13.8 Å². The van der Waals surface area contributed by atoms with Gasteiger partial charge in [-0.2, -0.15) is 0 Å². The molecule has 0 saturated heterocycles. The molecule has 0 unspecified atom stereocenters. The van der Waals surface area contributed by atoms with Gasteiger partial charge in [0.1, 0.15) is 23.8 Å². The molecule has 5 nitrogen and oxygen atoms in total. The number of aliphatic carboxylic acids is 1. The summed E-state index contributed by atoms with van der Waals surface area (Å²) in [5.41, 5.74) is 2.43. The van der Waals surface area contributed by atoms with Gasteiger partial charge in [0.2, 0.25) is 0 Å². The summed E-state index contributed by atoms with van der Waals surface area (Å²) in [6, 6.07) is 10.2. The zero-order chi connectivity index (χ0) is 21.8. The van der Waals surface area contributed by atoms with Crippen molar-refractivity contribution in [3.63, 3.8) is 0 Å². The van der Waals surface area contributed by atoms with E-state index in [4.69, 9.17) is 49.2 Å². The molecule has 0 amide bonds. The Morgan fingerprint density at radius 3 is 2.47 bits per heavy atom. The Labute approximate surface area is 188 Å². The average molecular weight is 467 g/mol. The molecule has 0 aliphatic heterocycles. The van der Waals surface area contributed by atoms with Crippen LogP contribution in [-0.4, -0.2) is 16.2 Å². The highest BCUT2D eigenvalue weighted by Crippen LogP contribution is 2.39. The van der Waals surface area contributed by atoms with Crippen LogP contribution in [-0.2, 0) is 11.4 Å². The van der Waals surface area contributed by atoms with E-state index in [9.17, 15) is 4.79 Å². The molecule has 3 aromatic rings. The largest absolute Gasteiger partial charge is 0.489 e. The molecule has 1 N–H and O–H groups in total. The predicted molar refractivity (Wildman–Crippen MR) is 119 cm³/mol. The molecule has 0 bridgehead atoms. The van der Waals surface area contributed by atoms with E-state index in [0.717, 1.165) is 11.6 Å². The van der Waals surface area contributed by atoms with Crippen LogP contribution in [0, 0.1) is 0 Å². The minimum absolute atomic E-state index is 0.0678. The van der Waals surface area contributed by atoms with E-state index >= 15 is 0 Å². The standard InChI is InChI=1S/C22H18Cl3NO4/c1-12(2)22-15(21(26-30-22)20-16(23)4-3-5-17(20)24)11-29-14-8-6-13(18(25)10-14)7-9-19(27)28/h3-10,12H,11H2,1-2H3,(H,27,28). The van der Waals surface area contributed by atoms with Gasteiger partial charge in [0, 0.05) is 17.6 Å². The van der Waals surface area contributed by atoms with Crippen molar-refractivity contribution in [2.24, 2.45) is 0 Å². The SMILES string of the molecule is CC(C)c1onc(-c2c(Cl)cccc2Cl)c1COc1ccc(C=CC(=O)O)c(Cl)c1. The number of carboxylic acids is 1. The number of halogens is 3. The third-order valence-corrected chi connectivity index (χ3v) is 5.26. The second-order valence-corrected chi connectivity index (χ2v) is 7.99. The number of hydrogen-bond donors (Lipinski definition) is 1. The van der Waals surface area contributed by atoms with Gasteiger partial charge < -0.3 is 14.4 Å². The van der Waals surface area contributed by atoms with Crippen molar-refractivity contribution in [3.05, 3.63) is 74.4 Å². The smallest absolute Gasteiger partial charge is 0.328 e. The summed E-state index contributed by atoms with van der Waals surface area (Å²) in [6.45, 7) is 4.14. The van der Waals surface area contributed by atoms with Crippen LogP contribution < -0.4 is 4.74 Å². The third kappa shape index (κ3) is 4.98. The second-order valence-electron chi connectivity index (χ2n) is 6.77. The number of ether oxygens (including phenoxy) is 1. The highest BCUT2D eigenvalue weighted by Gasteiger charge is 2.23. The average Bonchev–Trinajstić information content (AvgIpc) is 3.09. The fraction of sp³-hybridized carbons (Fsp3) is 0.182. The lowest BCUT2D eigenvalue weighted by Crippen LogP contribution is -2.01. The monoisotopic (exact) mass is 465 g/mol. The van der Waals surface area contributed by atoms with Crippen molar-refractivity contribution >= 4 is 46.8 Å². The highest BCUT2D eigenvalue weighted by molar-refractivity contribution is 6.39. The minimum Gasteiger partial charge on any atom is -0.489 e. The molecule has 2 aromatic carbocycles. The fourth-order valence-corrected chi connectivity index (χ4v) is 3.69. The topological polar surface area (TPSA) is 72.6 Å². The number of nitrogens with zero attached hydrogens (tertiary/aromatic N) is 1. The van der Waals surface area contributed by atoms with Crippen LogP contribution in [0.15, 0.2) is 47.0 Å². The third-order valence-electron chi connectivity index (χ3n) is 4.30. The summed E-state index contributed by atoms with van der Waals surface area (Å²) < 4.78 is 11.5. The van der Waals surface area contributed by atoms with Crippen LogP contribution in [0.25, 0.3) is 17.3 Å². The van der Waals surface area contributed by atoms with E-state index in [-0.39, 0.29) is 12.5 Å². The second kappa shape index (κ2) is 9.56. The zero-order valence-electron chi connectivity index (χ0n) is 16.2. The molecule has 0 atom stereocenters. The van der Waals surface area contributed by atoms with Crippen molar-refractivity contribution in [1.29, 1.82) is 0 Å². The van der Waals surface area contributed by atoms with Crippen LogP contribution in [0.5, 0.6) is 5.75 Å². The first-order chi connectivity index (χ1) is 14.3. The number of aromatic nitrogens is 1. The Morgan fingerprint density at radius 1 is 1.17 bits per heavy atom. The fourth-order valence-electron chi connectivity index (χ4n) is 2.89. The number of carboxylic acid groups (broad SMARTS) is 1. The molecule has 0 saturated carbocycles. The number of benzene rings is 2. The molecule has 8 heteroatoms. The Kier molecular flexibility index (Phi) is 7.08. The van der Waals surface area contributed by atoms with Gasteiger partial charge in [0.15, 0.2) is 0 Å². The van der Waals surface area contributed by atoms with Crippen LogP contribution in [0.1, 0.15) is 36.7 Å². The molecule has 1 aromatic heterocycles. The number of rotatable bonds is 7. The summed E-state index contributed by atoms with van der Waals surface area (Å²) in [5.74, 6) is 0.205. The van der Waals surface area contributed by atoms with Gasteiger partial charge in [-0.1, -0.05) is 59.9 Å². The summed E-state index contributed by atoms with van der Waals surface area (Å²) in [5, 5.41) is 14.2. The summed E-state index contributed by atoms with van der Waals surface area (Å²) in [6.07, 6.45) is 2.44. The van der Waals surface area contributed by atoms with Gasteiger partial charge in [-0.15, -0.1) is 0 Å². The normalized spacial score (nSPS) is 11.4. The molecule has 0 aliphatic carbocycles. The Morgan fingerprint density at radius 2 is 1.87 bits per heavy atom. The first-order valence-corrected chi connectivity index (χ1v) is 10.2. The van der Waals surface area contributed by atoms with Crippen LogP contribution in [0.2, 0.25) is 15.1 Å². The summed E-state index contributed by atoms with van der Waals surface area (Å²) >= 11 is 19.0. The number of hydrogen-bond acceptors (Lipinski definition) is 4. The summed E-state index contributed by atoms with van der Waals surface area (Å²) in [4.78, 5) is 10.7. The molecular weight excluding hydrogens is 449 g/mol. The lowest BCUT2D eigenvalue weighted by atomic mass is 10.0. The molecule has 0 fully saturated rings. The molecule has 156 valence electrons. The maximum Gasteiger partial charge on any atom is 0.328 e. The van der Waals surface area contributed by atoms with E-state index in [0.29, 0.717) is 43.4 Å². The van der Waals surface area contributed by atoms with Crippen molar-refractivity contribution in [2.45, 2.75) is 26.4 Å². The van der Waals surface area contributed by atoms with Crippen molar-refractivity contribution < 1.29 is 19.2 Å². The lowest BCUT2D eigenvalue weighted by molar-refractivity contribution is -0.131. The molecule has 0 aliphatic rings. The molecule has 30 heavy (non-hydrogen) atoms. The predicted octanol–water partition coefficient (Wildman–Crippen LogP) is 7.10. The van der Waals surface area contributed by atoms with Gasteiger partial charge in [0.05, 0.1) is 20.6 Å².